The van der Waals surface area contributed by atoms with Crippen molar-refractivity contribution in [3.63, 3.8) is 0 Å². The van der Waals surface area contributed by atoms with Gasteiger partial charge < -0.3 is 14.6 Å². The molecule has 2 aromatic rings. The maximum atomic E-state index is 13.8. The molecule has 26 heavy (non-hydrogen) atoms. The summed E-state index contributed by atoms with van der Waals surface area (Å²) >= 11 is 0. The summed E-state index contributed by atoms with van der Waals surface area (Å²) in [5.41, 5.74) is 1.20. The molecule has 1 aromatic carbocycles. The van der Waals surface area contributed by atoms with Gasteiger partial charge in [0.15, 0.2) is 5.89 Å². The number of amides is 1. The molecule has 1 aliphatic carbocycles. The molecule has 1 N–H and O–H groups in total. The number of benzene rings is 1. The van der Waals surface area contributed by atoms with Gasteiger partial charge in [-0.2, -0.15) is 0 Å². The number of hydrogen-bond acceptors (Lipinski definition) is 4. The summed E-state index contributed by atoms with van der Waals surface area (Å²) in [4.78, 5) is 19.0. The van der Waals surface area contributed by atoms with Gasteiger partial charge in [0.05, 0.1) is 11.4 Å². The molecule has 4 rings (SSSR count). The van der Waals surface area contributed by atoms with Crippen molar-refractivity contribution in [3.05, 3.63) is 47.4 Å². The van der Waals surface area contributed by atoms with Crippen LogP contribution in [0.3, 0.4) is 0 Å². The summed E-state index contributed by atoms with van der Waals surface area (Å²) in [7, 11) is 0. The number of nitrogens with one attached hydrogen (secondary N) is 1. The van der Waals surface area contributed by atoms with E-state index in [1.807, 2.05) is 17.9 Å². The van der Waals surface area contributed by atoms with E-state index in [9.17, 15) is 9.18 Å². The lowest BCUT2D eigenvalue weighted by atomic mass is 10.0. The number of likely N-dealkylation sites (tertiary alicyclic amines) is 1. The quantitative estimate of drug-likeness (QED) is 0.884. The van der Waals surface area contributed by atoms with E-state index in [2.05, 4.69) is 10.3 Å². The standard InChI is InChI=1S/C20H24FN3O2/c1-13-19(26-18(22-13)12-14-6-7-14)20(25)24-10-8-15(9-11-24)23-17-5-3-2-4-16(17)21/h2-5,14-15,23H,6-12H2,1H3. The van der Waals surface area contributed by atoms with Crippen LogP contribution in [0.5, 0.6) is 0 Å². The summed E-state index contributed by atoms with van der Waals surface area (Å²) in [6, 6.07) is 6.85. The zero-order valence-electron chi connectivity index (χ0n) is 15.0. The molecular formula is C20H24FN3O2. The molecule has 1 aromatic heterocycles. The summed E-state index contributed by atoms with van der Waals surface area (Å²) in [6.45, 7) is 3.09. The van der Waals surface area contributed by atoms with Crippen LogP contribution in [0.1, 0.15) is 47.8 Å². The minimum atomic E-state index is -0.244. The van der Waals surface area contributed by atoms with Crippen LogP contribution in [0.2, 0.25) is 0 Å². The number of aryl methyl sites for hydroxylation is 1. The Labute approximate surface area is 152 Å². The van der Waals surface area contributed by atoms with Gasteiger partial charge in [-0.05, 0) is 50.7 Å². The predicted molar refractivity (Wildman–Crippen MR) is 96.6 cm³/mol. The van der Waals surface area contributed by atoms with Crippen LogP contribution >= 0.6 is 0 Å². The van der Waals surface area contributed by atoms with Crippen molar-refractivity contribution < 1.29 is 13.6 Å². The third-order valence-electron chi connectivity index (χ3n) is 5.21. The van der Waals surface area contributed by atoms with Crippen molar-refractivity contribution in [3.8, 4) is 0 Å². The Morgan fingerprint density at radius 1 is 1.27 bits per heavy atom. The van der Waals surface area contributed by atoms with Crippen LogP contribution < -0.4 is 5.32 Å². The highest BCUT2D eigenvalue weighted by Gasteiger charge is 2.29. The third-order valence-corrected chi connectivity index (χ3v) is 5.21. The first-order valence-corrected chi connectivity index (χ1v) is 9.37. The van der Waals surface area contributed by atoms with Gasteiger partial charge in [0, 0.05) is 25.6 Å². The number of nitrogens with zero attached hydrogens (tertiary/aromatic N) is 2. The Morgan fingerprint density at radius 3 is 2.69 bits per heavy atom. The molecule has 2 aliphatic rings. The second-order valence-electron chi connectivity index (χ2n) is 7.36. The smallest absolute Gasteiger partial charge is 0.291 e. The zero-order valence-corrected chi connectivity index (χ0v) is 15.0. The van der Waals surface area contributed by atoms with E-state index < -0.39 is 0 Å². The van der Waals surface area contributed by atoms with E-state index in [1.165, 1.54) is 18.9 Å². The first-order valence-electron chi connectivity index (χ1n) is 9.37. The summed E-state index contributed by atoms with van der Waals surface area (Å²) < 4.78 is 19.5. The Bertz CT molecular complexity index is 792. The van der Waals surface area contributed by atoms with Gasteiger partial charge in [-0.15, -0.1) is 0 Å². The molecule has 1 saturated heterocycles. The molecule has 0 unspecified atom stereocenters. The first-order chi connectivity index (χ1) is 12.6. The third kappa shape index (κ3) is 3.74. The average Bonchev–Trinajstić information content (AvgIpc) is 3.38. The van der Waals surface area contributed by atoms with Crippen LogP contribution in [0.15, 0.2) is 28.7 Å². The number of aromatic nitrogens is 1. The highest BCUT2D eigenvalue weighted by molar-refractivity contribution is 5.92. The largest absolute Gasteiger partial charge is 0.435 e. The first kappa shape index (κ1) is 17.1. The Kier molecular flexibility index (Phi) is 4.66. The van der Waals surface area contributed by atoms with Gasteiger partial charge in [0.25, 0.3) is 5.91 Å². The maximum absolute atomic E-state index is 13.8. The molecule has 0 bridgehead atoms. The molecule has 0 atom stereocenters. The number of carbonyl (C=O) groups is 1. The van der Waals surface area contributed by atoms with Crippen molar-refractivity contribution in [1.82, 2.24) is 9.88 Å². The number of halogens is 1. The fraction of sp³-hybridized carbons (Fsp3) is 0.500. The van der Waals surface area contributed by atoms with Crippen LogP contribution in [0, 0.1) is 18.7 Å². The van der Waals surface area contributed by atoms with Gasteiger partial charge in [-0.3, -0.25) is 4.79 Å². The highest BCUT2D eigenvalue weighted by Crippen LogP contribution is 2.33. The summed E-state index contributed by atoms with van der Waals surface area (Å²) in [5.74, 6) is 1.41. The van der Waals surface area contributed by atoms with E-state index in [0.29, 0.717) is 42.0 Å². The van der Waals surface area contributed by atoms with E-state index in [4.69, 9.17) is 4.42 Å². The van der Waals surface area contributed by atoms with Crippen molar-refractivity contribution in [1.29, 1.82) is 0 Å². The van der Waals surface area contributed by atoms with E-state index in [1.54, 1.807) is 12.1 Å². The molecular weight excluding hydrogens is 333 g/mol. The molecule has 0 radical (unpaired) electrons. The lowest BCUT2D eigenvalue weighted by molar-refractivity contribution is 0.0683. The minimum absolute atomic E-state index is 0.0820. The molecule has 1 amide bonds. The van der Waals surface area contributed by atoms with Crippen LogP contribution in [0.25, 0.3) is 0 Å². The summed E-state index contributed by atoms with van der Waals surface area (Å²) in [5, 5.41) is 3.24. The number of para-hydroxylation sites is 1. The summed E-state index contributed by atoms with van der Waals surface area (Å²) in [6.07, 6.45) is 4.85. The van der Waals surface area contributed by atoms with Crippen molar-refractivity contribution in [2.75, 3.05) is 18.4 Å². The zero-order chi connectivity index (χ0) is 18.1. The van der Waals surface area contributed by atoms with E-state index in [-0.39, 0.29) is 17.8 Å². The van der Waals surface area contributed by atoms with Gasteiger partial charge in [0.1, 0.15) is 5.82 Å². The monoisotopic (exact) mass is 357 g/mol. The Hall–Kier alpha value is -2.37. The second-order valence-corrected chi connectivity index (χ2v) is 7.36. The topological polar surface area (TPSA) is 58.4 Å². The number of rotatable bonds is 5. The number of hydrogen-bond donors (Lipinski definition) is 1. The van der Waals surface area contributed by atoms with Gasteiger partial charge in [-0.25, -0.2) is 9.37 Å². The minimum Gasteiger partial charge on any atom is -0.435 e. The number of oxazole rings is 1. The number of anilines is 1. The predicted octanol–water partition coefficient (Wildman–Crippen LogP) is 3.79. The van der Waals surface area contributed by atoms with Crippen LogP contribution in [0.4, 0.5) is 10.1 Å². The van der Waals surface area contributed by atoms with Gasteiger partial charge in [-0.1, -0.05) is 12.1 Å². The number of carbonyl (C=O) groups excluding carboxylic acids is 1. The van der Waals surface area contributed by atoms with Crippen molar-refractivity contribution in [2.24, 2.45) is 5.92 Å². The fourth-order valence-corrected chi connectivity index (χ4v) is 3.48. The van der Waals surface area contributed by atoms with E-state index in [0.717, 1.165) is 19.3 Å². The molecule has 0 spiro atoms. The highest BCUT2D eigenvalue weighted by atomic mass is 19.1. The average molecular weight is 357 g/mol. The lowest BCUT2D eigenvalue weighted by Gasteiger charge is -2.32. The molecule has 1 saturated carbocycles. The van der Waals surface area contributed by atoms with Crippen LogP contribution in [-0.2, 0) is 6.42 Å². The van der Waals surface area contributed by atoms with Gasteiger partial charge >= 0.3 is 0 Å². The molecule has 138 valence electrons. The normalized spacial score (nSPS) is 18.2. The molecule has 2 heterocycles. The Morgan fingerprint density at radius 2 is 2.00 bits per heavy atom. The number of piperidine rings is 1. The molecule has 6 heteroatoms. The molecule has 5 nitrogen and oxygen atoms in total. The Balaban J connectivity index is 1.34. The molecule has 2 fully saturated rings. The SMILES string of the molecule is Cc1nc(CC2CC2)oc1C(=O)N1CCC(Nc2ccccc2F)CC1. The lowest BCUT2D eigenvalue weighted by Crippen LogP contribution is -2.42. The maximum Gasteiger partial charge on any atom is 0.291 e. The van der Waals surface area contributed by atoms with E-state index >= 15 is 0 Å². The van der Waals surface area contributed by atoms with Gasteiger partial charge in [0.2, 0.25) is 5.76 Å². The second kappa shape index (κ2) is 7.09. The fourth-order valence-electron chi connectivity index (χ4n) is 3.48. The molecule has 1 aliphatic heterocycles. The van der Waals surface area contributed by atoms with Crippen LogP contribution in [-0.4, -0.2) is 34.9 Å². The van der Waals surface area contributed by atoms with Crippen molar-refractivity contribution >= 4 is 11.6 Å². The van der Waals surface area contributed by atoms with Crippen molar-refractivity contribution in [2.45, 2.75) is 45.1 Å².